The van der Waals surface area contributed by atoms with Crippen molar-refractivity contribution in [3.8, 4) is 0 Å². The molecule has 5 rings (SSSR count). The monoisotopic (exact) mass is 454 g/mol. The Bertz CT molecular complexity index is 1290. The van der Waals surface area contributed by atoms with E-state index in [0.29, 0.717) is 5.02 Å². The Kier molecular flexibility index (Phi) is 4.99. The second-order valence-electron chi connectivity index (χ2n) is 7.86. The molecular weight excluding hydrogens is 435 g/mol. The number of benzene rings is 3. The molecule has 7 heteroatoms. The molecule has 0 radical (unpaired) electrons. The maximum Gasteiger partial charge on any atom is 0.261 e. The summed E-state index contributed by atoms with van der Waals surface area (Å²) in [6.07, 6.45) is 5.17. The largest absolute Gasteiger partial charge is 0.378 e. The molecule has 2 N–H and O–H groups in total. The Balaban J connectivity index is 1.51. The van der Waals surface area contributed by atoms with Gasteiger partial charge in [0.05, 0.1) is 16.6 Å². The van der Waals surface area contributed by atoms with E-state index < -0.39 is 15.8 Å². The van der Waals surface area contributed by atoms with Gasteiger partial charge < -0.3 is 5.32 Å². The SMILES string of the molecule is O=S(=O)(Nc1ccccc1F)c1ccc2c(c1)[C@H]1C=CC[C@H]1[C@@H](c1cccc(Cl)c1)N2. The minimum atomic E-state index is -3.93. The lowest BCUT2D eigenvalue weighted by atomic mass is 9.77. The number of anilines is 2. The summed E-state index contributed by atoms with van der Waals surface area (Å²) >= 11 is 6.21. The standard InChI is InChI=1S/C24H20ClFN2O2S/c25-16-6-3-5-15(13-16)24-19-8-4-7-18(19)20-14-17(11-12-22(20)27-24)31(29,30)28-23-10-2-1-9-21(23)26/h1-7,9-14,18-19,24,27-28H,8H2/t18-,19+,24+/m0/s1. The molecule has 1 heterocycles. The van der Waals surface area contributed by atoms with Crippen LogP contribution in [0.1, 0.15) is 29.5 Å². The zero-order valence-electron chi connectivity index (χ0n) is 16.4. The molecule has 0 spiro atoms. The number of halogens is 2. The predicted octanol–water partition coefficient (Wildman–Crippen LogP) is 6.11. The van der Waals surface area contributed by atoms with E-state index in [1.165, 1.54) is 18.2 Å². The average molecular weight is 455 g/mol. The first-order chi connectivity index (χ1) is 14.9. The van der Waals surface area contributed by atoms with Crippen LogP contribution < -0.4 is 10.0 Å². The van der Waals surface area contributed by atoms with Gasteiger partial charge in [-0.2, -0.15) is 0 Å². The molecule has 0 unspecified atom stereocenters. The van der Waals surface area contributed by atoms with Gasteiger partial charge in [0.15, 0.2) is 0 Å². The summed E-state index contributed by atoms with van der Waals surface area (Å²) in [7, 11) is -3.93. The van der Waals surface area contributed by atoms with E-state index in [1.54, 1.807) is 24.3 Å². The van der Waals surface area contributed by atoms with Crippen LogP contribution in [0.4, 0.5) is 15.8 Å². The molecular formula is C24H20ClFN2O2S. The summed E-state index contributed by atoms with van der Waals surface area (Å²) < 4.78 is 42.2. The highest BCUT2D eigenvalue weighted by Gasteiger charge is 2.38. The van der Waals surface area contributed by atoms with Gasteiger partial charge in [-0.1, -0.05) is 48.0 Å². The van der Waals surface area contributed by atoms with Gasteiger partial charge >= 0.3 is 0 Å². The second kappa shape index (κ2) is 7.70. The number of rotatable bonds is 4. The number of para-hydroxylation sites is 1. The number of nitrogens with one attached hydrogen (secondary N) is 2. The lowest BCUT2D eigenvalue weighted by Crippen LogP contribution is -2.29. The summed E-state index contributed by atoms with van der Waals surface area (Å²) in [6, 6.07) is 18.6. The predicted molar refractivity (Wildman–Crippen MR) is 121 cm³/mol. The van der Waals surface area contributed by atoms with Gasteiger partial charge in [-0.05, 0) is 65.9 Å². The minimum Gasteiger partial charge on any atom is -0.378 e. The molecule has 0 saturated heterocycles. The molecule has 0 bridgehead atoms. The third-order valence-electron chi connectivity index (χ3n) is 5.97. The first-order valence-electron chi connectivity index (χ1n) is 10.0. The van der Waals surface area contributed by atoms with Crippen molar-refractivity contribution in [1.29, 1.82) is 0 Å². The van der Waals surface area contributed by atoms with Crippen LogP contribution in [0.3, 0.4) is 0 Å². The van der Waals surface area contributed by atoms with Crippen molar-refractivity contribution >= 4 is 33.0 Å². The van der Waals surface area contributed by atoms with Crippen LogP contribution in [0.15, 0.2) is 83.8 Å². The molecule has 0 fully saturated rings. The van der Waals surface area contributed by atoms with E-state index in [9.17, 15) is 12.8 Å². The van der Waals surface area contributed by atoms with Gasteiger partial charge in [0.1, 0.15) is 5.82 Å². The first kappa shape index (κ1) is 20.1. The molecule has 158 valence electrons. The van der Waals surface area contributed by atoms with Crippen LogP contribution in [0.5, 0.6) is 0 Å². The molecule has 4 nitrogen and oxygen atoms in total. The van der Waals surface area contributed by atoms with Crippen molar-refractivity contribution < 1.29 is 12.8 Å². The number of sulfonamides is 1. The summed E-state index contributed by atoms with van der Waals surface area (Å²) in [4.78, 5) is 0.108. The van der Waals surface area contributed by atoms with Gasteiger partial charge in [-0.3, -0.25) is 4.72 Å². The molecule has 0 aromatic heterocycles. The van der Waals surface area contributed by atoms with Crippen LogP contribution in [0.2, 0.25) is 5.02 Å². The van der Waals surface area contributed by atoms with Crippen molar-refractivity contribution in [2.24, 2.45) is 5.92 Å². The maximum atomic E-state index is 14.0. The Labute approximate surface area is 185 Å². The van der Waals surface area contributed by atoms with Crippen LogP contribution in [0, 0.1) is 11.7 Å². The maximum absolute atomic E-state index is 14.0. The zero-order chi connectivity index (χ0) is 21.6. The topological polar surface area (TPSA) is 58.2 Å². The number of allylic oxidation sites excluding steroid dienone is 2. The van der Waals surface area contributed by atoms with Crippen LogP contribution >= 0.6 is 11.6 Å². The van der Waals surface area contributed by atoms with Gasteiger partial charge in [-0.25, -0.2) is 12.8 Å². The van der Waals surface area contributed by atoms with Crippen molar-refractivity contribution in [3.63, 3.8) is 0 Å². The molecule has 1 aliphatic carbocycles. The third-order valence-corrected chi connectivity index (χ3v) is 7.57. The van der Waals surface area contributed by atoms with E-state index in [4.69, 9.17) is 11.6 Å². The van der Waals surface area contributed by atoms with E-state index >= 15 is 0 Å². The molecule has 0 amide bonds. The van der Waals surface area contributed by atoms with Gasteiger partial charge in [-0.15, -0.1) is 0 Å². The molecule has 2 aliphatic rings. The zero-order valence-corrected chi connectivity index (χ0v) is 18.0. The average Bonchev–Trinajstić information content (AvgIpc) is 3.24. The summed E-state index contributed by atoms with van der Waals surface area (Å²) in [5, 5.41) is 4.26. The highest BCUT2D eigenvalue weighted by atomic mass is 35.5. The Morgan fingerprint density at radius 1 is 1.03 bits per heavy atom. The van der Waals surface area contributed by atoms with E-state index in [2.05, 4.69) is 28.3 Å². The van der Waals surface area contributed by atoms with Gasteiger partial charge in [0.25, 0.3) is 10.0 Å². The van der Waals surface area contributed by atoms with Crippen molar-refractivity contribution in [2.75, 3.05) is 10.0 Å². The highest BCUT2D eigenvalue weighted by Crippen LogP contribution is 2.50. The van der Waals surface area contributed by atoms with E-state index in [1.807, 2.05) is 18.2 Å². The molecule has 3 atom stereocenters. The number of hydrogen-bond acceptors (Lipinski definition) is 3. The van der Waals surface area contributed by atoms with Gasteiger partial charge in [0, 0.05) is 16.6 Å². The van der Waals surface area contributed by atoms with E-state index in [-0.39, 0.29) is 28.5 Å². The number of hydrogen-bond donors (Lipinski definition) is 2. The summed E-state index contributed by atoms with van der Waals surface area (Å²) in [5.74, 6) is -0.277. The van der Waals surface area contributed by atoms with Crippen LogP contribution in [0.25, 0.3) is 0 Å². The molecule has 3 aromatic rings. The molecule has 31 heavy (non-hydrogen) atoms. The fraction of sp³-hybridized carbons (Fsp3) is 0.167. The summed E-state index contributed by atoms with van der Waals surface area (Å²) in [5.41, 5.74) is 2.85. The molecule has 3 aromatic carbocycles. The van der Waals surface area contributed by atoms with Crippen LogP contribution in [-0.2, 0) is 10.0 Å². The van der Waals surface area contributed by atoms with Crippen molar-refractivity contribution in [1.82, 2.24) is 0 Å². The number of fused-ring (bicyclic) bond motifs is 3. The lowest BCUT2D eigenvalue weighted by Gasteiger charge is -2.37. The Morgan fingerprint density at radius 2 is 1.87 bits per heavy atom. The first-order valence-corrected chi connectivity index (χ1v) is 11.9. The van der Waals surface area contributed by atoms with E-state index in [0.717, 1.165) is 23.2 Å². The third kappa shape index (κ3) is 3.70. The fourth-order valence-electron chi connectivity index (χ4n) is 4.52. The van der Waals surface area contributed by atoms with Crippen molar-refractivity contribution in [3.05, 3.63) is 101 Å². The van der Waals surface area contributed by atoms with Gasteiger partial charge in [0.2, 0.25) is 0 Å². The Morgan fingerprint density at radius 3 is 2.68 bits per heavy atom. The highest BCUT2D eigenvalue weighted by molar-refractivity contribution is 7.92. The minimum absolute atomic E-state index is 0.0713. The lowest BCUT2D eigenvalue weighted by molar-refractivity contribution is 0.425. The molecule has 0 saturated carbocycles. The quantitative estimate of drug-likeness (QED) is 0.468. The second-order valence-corrected chi connectivity index (χ2v) is 9.98. The Hall–Kier alpha value is -2.83. The normalized spacial score (nSPS) is 21.8. The molecule has 1 aliphatic heterocycles. The summed E-state index contributed by atoms with van der Waals surface area (Å²) in [6.45, 7) is 0. The fourth-order valence-corrected chi connectivity index (χ4v) is 5.82. The van der Waals surface area contributed by atoms with Crippen molar-refractivity contribution in [2.45, 2.75) is 23.3 Å². The van der Waals surface area contributed by atoms with Crippen LogP contribution in [-0.4, -0.2) is 8.42 Å². The smallest absolute Gasteiger partial charge is 0.261 e.